The van der Waals surface area contributed by atoms with Crippen molar-refractivity contribution in [1.82, 2.24) is 14.6 Å². The van der Waals surface area contributed by atoms with Crippen LogP contribution in [0.5, 0.6) is 0 Å². The first kappa shape index (κ1) is 10.7. The molecule has 0 radical (unpaired) electrons. The van der Waals surface area contributed by atoms with Crippen LogP contribution in [0.1, 0.15) is 43.5 Å². The number of nitrogens with zero attached hydrogens (tertiary/aromatic N) is 3. The van der Waals surface area contributed by atoms with E-state index in [0.29, 0.717) is 5.92 Å². The van der Waals surface area contributed by atoms with Crippen molar-refractivity contribution in [3.63, 3.8) is 0 Å². The summed E-state index contributed by atoms with van der Waals surface area (Å²) < 4.78 is 1.87. The Hall–Kier alpha value is -1.42. The molecule has 2 heterocycles. The minimum atomic E-state index is 0.187. The Kier molecular flexibility index (Phi) is 2.59. The Balaban J connectivity index is 1.92. The van der Waals surface area contributed by atoms with Crippen molar-refractivity contribution >= 4 is 5.65 Å². The van der Waals surface area contributed by atoms with Crippen LogP contribution < -0.4 is 5.73 Å². The highest BCUT2D eigenvalue weighted by molar-refractivity contribution is 5.41. The van der Waals surface area contributed by atoms with E-state index in [0.717, 1.165) is 17.9 Å². The van der Waals surface area contributed by atoms with Gasteiger partial charge < -0.3 is 5.73 Å². The van der Waals surface area contributed by atoms with Gasteiger partial charge >= 0.3 is 0 Å². The van der Waals surface area contributed by atoms with Crippen LogP contribution in [-0.4, -0.2) is 20.6 Å². The van der Waals surface area contributed by atoms with Crippen LogP contribution in [0.3, 0.4) is 0 Å². The number of aromatic nitrogens is 3. The maximum absolute atomic E-state index is 5.81. The van der Waals surface area contributed by atoms with E-state index in [1.807, 2.05) is 17.6 Å². The monoisotopic (exact) mass is 230 g/mol. The Morgan fingerprint density at radius 2 is 2.35 bits per heavy atom. The Labute approximate surface area is 101 Å². The normalized spacial score (nSPS) is 18.2. The minimum absolute atomic E-state index is 0.187. The van der Waals surface area contributed by atoms with Crippen molar-refractivity contribution in [2.45, 2.75) is 44.6 Å². The van der Waals surface area contributed by atoms with Gasteiger partial charge in [-0.25, -0.2) is 9.50 Å². The van der Waals surface area contributed by atoms with E-state index in [2.05, 4.69) is 22.2 Å². The number of hydrogen-bond donors (Lipinski definition) is 1. The number of fused-ring (bicyclic) bond motifs is 1. The number of nitrogens with two attached hydrogens (primary N) is 1. The van der Waals surface area contributed by atoms with Crippen LogP contribution in [-0.2, 0) is 6.42 Å². The summed E-state index contributed by atoms with van der Waals surface area (Å²) in [6.45, 7) is 2.02. The number of rotatable bonds is 3. The Bertz CT molecular complexity index is 525. The molecule has 1 atom stereocenters. The summed E-state index contributed by atoms with van der Waals surface area (Å²) in [5.74, 6) is 1.60. The highest BCUT2D eigenvalue weighted by atomic mass is 15.3. The fraction of sp³-hybridized carbons (Fsp3) is 0.538. The molecule has 2 aromatic heterocycles. The van der Waals surface area contributed by atoms with Gasteiger partial charge in [-0.3, -0.25) is 0 Å². The van der Waals surface area contributed by atoms with Crippen molar-refractivity contribution in [2.75, 3.05) is 0 Å². The average Bonchev–Trinajstić information content (AvgIpc) is 2.56. The lowest BCUT2D eigenvalue weighted by molar-refractivity contribution is 0.402. The lowest BCUT2D eigenvalue weighted by atomic mass is 9.85. The molecule has 1 aliphatic rings. The van der Waals surface area contributed by atoms with E-state index < -0.39 is 0 Å². The van der Waals surface area contributed by atoms with E-state index in [1.165, 1.54) is 24.8 Å². The molecule has 4 nitrogen and oxygen atoms in total. The van der Waals surface area contributed by atoms with E-state index in [1.54, 1.807) is 0 Å². The molecule has 1 aliphatic carbocycles. The van der Waals surface area contributed by atoms with E-state index in [4.69, 9.17) is 5.73 Å². The maximum Gasteiger partial charge on any atom is 0.155 e. The SMILES string of the molecule is CC(N)Cc1ccn2nc(C3CCC3)nc2c1. The zero-order valence-corrected chi connectivity index (χ0v) is 10.1. The van der Waals surface area contributed by atoms with Crippen LogP contribution in [0, 0.1) is 0 Å². The van der Waals surface area contributed by atoms with Gasteiger partial charge in [-0.2, -0.15) is 5.10 Å². The summed E-state index contributed by atoms with van der Waals surface area (Å²) in [7, 11) is 0. The van der Waals surface area contributed by atoms with Gasteiger partial charge in [0.15, 0.2) is 11.5 Å². The van der Waals surface area contributed by atoms with Gasteiger partial charge in [0.2, 0.25) is 0 Å². The first-order valence-electron chi connectivity index (χ1n) is 6.33. The highest BCUT2D eigenvalue weighted by Crippen LogP contribution is 2.34. The van der Waals surface area contributed by atoms with Crippen LogP contribution in [0.15, 0.2) is 18.3 Å². The largest absolute Gasteiger partial charge is 0.328 e. The van der Waals surface area contributed by atoms with Crippen LogP contribution in [0.2, 0.25) is 0 Å². The lowest BCUT2D eigenvalue weighted by Gasteiger charge is -2.21. The molecule has 3 rings (SSSR count). The third-order valence-corrected chi connectivity index (χ3v) is 3.45. The van der Waals surface area contributed by atoms with E-state index in [-0.39, 0.29) is 6.04 Å². The lowest BCUT2D eigenvalue weighted by Crippen LogP contribution is -2.17. The fourth-order valence-electron chi connectivity index (χ4n) is 2.28. The van der Waals surface area contributed by atoms with Crippen LogP contribution in [0.4, 0.5) is 0 Å². The third-order valence-electron chi connectivity index (χ3n) is 3.45. The number of hydrogen-bond acceptors (Lipinski definition) is 3. The molecule has 0 aromatic carbocycles. The molecule has 1 saturated carbocycles. The molecule has 2 N–H and O–H groups in total. The zero-order chi connectivity index (χ0) is 11.8. The van der Waals surface area contributed by atoms with Gasteiger partial charge in [0, 0.05) is 18.2 Å². The predicted octanol–water partition coefficient (Wildman–Crippen LogP) is 1.89. The molecular weight excluding hydrogens is 212 g/mol. The van der Waals surface area contributed by atoms with Gasteiger partial charge in [0.1, 0.15) is 0 Å². The first-order valence-corrected chi connectivity index (χ1v) is 6.33. The molecule has 0 bridgehead atoms. The zero-order valence-electron chi connectivity index (χ0n) is 10.1. The van der Waals surface area contributed by atoms with Crippen LogP contribution >= 0.6 is 0 Å². The van der Waals surface area contributed by atoms with Crippen molar-refractivity contribution in [1.29, 1.82) is 0 Å². The quantitative estimate of drug-likeness (QED) is 0.876. The fourth-order valence-corrected chi connectivity index (χ4v) is 2.28. The molecule has 1 unspecified atom stereocenters. The molecule has 0 spiro atoms. The van der Waals surface area contributed by atoms with Crippen molar-refractivity contribution in [2.24, 2.45) is 5.73 Å². The second-order valence-electron chi connectivity index (χ2n) is 5.12. The van der Waals surface area contributed by atoms with Crippen LogP contribution in [0.25, 0.3) is 5.65 Å². The Morgan fingerprint density at radius 1 is 1.53 bits per heavy atom. The smallest absolute Gasteiger partial charge is 0.155 e. The molecule has 0 amide bonds. The summed E-state index contributed by atoms with van der Waals surface area (Å²) in [6.07, 6.45) is 6.67. The third kappa shape index (κ3) is 2.05. The molecule has 0 aliphatic heterocycles. The molecule has 90 valence electrons. The van der Waals surface area contributed by atoms with Gasteiger partial charge in [-0.1, -0.05) is 6.42 Å². The van der Waals surface area contributed by atoms with Gasteiger partial charge in [0.25, 0.3) is 0 Å². The second kappa shape index (κ2) is 4.11. The van der Waals surface area contributed by atoms with Crippen molar-refractivity contribution in [3.05, 3.63) is 29.7 Å². The van der Waals surface area contributed by atoms with Crippen molar-refractivity contribution < 1.29 is 0 Å². The molecule has 0 saturated heterocycles. The molecular formula is C13H18N4. The standard InChI is InChI=1S/C13H18N4/c1-9(14)7-10-5-6-17-12(8-10)15-13(16-17)11-3-2-4-11/h5-6,8-9,11H,2-4,7,14H2,1H3. The van der Waals surface area contributed by atoms with Gasteiger partial charge in [-0.15, -0.1) is 0 Å². The minimum Gasteiger partial charge on any atom is -0.328 e. The van der Waals surface area contributed by atoms with Gasteiger partial charge in [0.05, 0.1) is 0 Å². The second-order valence-corrected chi connectivity index (χ2v) is 5.12. The highest BCUT2D eigenvalue weighted by Gasteiger charge is 2.23. The van der Waals surface area contributed by atoms with E-state index in [9.17, 15) is 0 Å². The summed E-state index contributed by atoms with van der Waals surface area (Å²) in [5, 5.41) is 4.53. The molecule has 1 fully saturated rings. The topological polar surface area (TPSA) is 56.2 Å². The first-order chi connectivity index (χ1) is 8.22. The summed E-state index contributed by atoms with van der Waals surface area (Å²) in [4.78, 5) is 4.61. The maximum atomic E-state index is 5.81. The van der Waals surface area contributed by atoms with E-state index >= 15 is 0 Å². The molecule has 2 aromatic rings. The number of pyridine rings is 1. The predicted molar refractivity (Wildman–Crippen MR) is 66.9 cm³/mol. The molecule has 4 heteroatoms. The molecule has 17 heavy (non-hydrogen) atoms. The average molecular weight is 230 g/mol. The summed E-state index contributed by atoms with van der Waals surface area (Å²) >= 11 is 0. The summed E-state index contributed by atoms with van der Waals surface area (Å²) in [6, 6.07) is 4.36. The Morgan fingerprint density at radius 3 is 3.00 bits per heavy atom. The van der Waals surface area contributed by atoms with Crippen molar-refractivity contribution in [3.8, 4) is 0 Å². The summed E-state index contributed by atoms with van der Waals surface area (Å²) in [5.41, 5.74) is 8.00. The van der Waals surface area contributed by atoms with Gasteiger partial charge in [-0.05, 0) is 43.9 Å².